The zero-order valence-corrected chi connectivity index (χ0v) is 12.6. The lowest BCUT2D eigenvalue weighted by Gasteiger charge is -2.34. The molecule has 0 radical (unpaired) electrons. The molecule has 0 aliphatic carbocycles. The Balaban J connectivity index is 1.80. The number of nitrogens with zero attached hydrogens (tertiary/aromatic N) is 2. The van der Waals surface area contributed by atoms with Crippen molar-refractivity contribution in [3.8, 4) is 9.88 Å². The molecule has 2 aromatic rings. The van der Waals surface area contributed by atoms with E-state index in [4.69, 9.17) is 0 Å². The third-order valence-corrected chi connectivity index (χ3v) is 5.44. The second kappa shape index (κ2) is 6.03. The summed E-state index contributed by atoms with van der Waals surface area (Å²) < 4.78 is 0. The third-order valence-electron chi connectivity index (χ3n) is 3.55. The van der Waals surface area contributed by atoms with E-state index in [1.54, 1.807) is 16.2 Å². The molecule has 0 saturated carbocycles. The van der Waals surface area contributed by atoms with Gasteiger partial charge >= 0.3 is 0 Å². The number of hydrogen-bond acceptors (Lipinski definition) is 5. The first-order chi connectivity index (χ1) is 9.79. The van der Waals surface area contributed by atoms with Gasteiger partial charge in [-0.05, 0) is 30.7 Å². The zero-order valence-electron chi connectivity index (χ0n) is 11.0. The molecule has 1 fully saturated rings. The number of aliphatic hydroxyl groups is 1. The van der Waals surface area contributed by atoms with E-state index in [9.17, 15) is 9.90 Å². The van der Waals surface area contributed by atoms with Crippen molar-refractivity contribution in [3.63, 3.8) is 0 Å². The van der Waals surface area contributed by atoms with Crippen LogP contribution in [0, 0.1) is 0 Å². The van der Waals surface area contributed by atoms with Gasteiger partial charge < -0.3 is 10.0 Å². The molecule has 1 saturated heterocycles. The highest BCUT2D eigenvalue weighted by Crippen LogP contribution is 2.29. The van der Waals surface area contributed by atoms with Gasteiger partial charge in [-0.2, -0.15) is 0 Å². The summed E-state index contributed by atoms with van der Waals surface area (Å²) in [6, 6.07) is 3.94. The van der Waals surface area contributed by atoms with Crippen LogP contribution >= 0.6 is 22.7 Å². The van der Waals surface area contributed by atoms with Crippen molar-refractivity contribution >= 4 is 28.6 Å². The van der Waals surface area contributed by atoms with Gasteiger partial charge in [-0.15, -0.1) is 22.7 Å². The van der Waals surface area contributed by atoms with Crippen molar-refractivity contribution in [3.05, 3.63) is 28.6 Å². The summed E-state index contributed by atoms with van der Waals surface area (Å²) in [5, 5.41) is 14.1. The normalized spacial score (nSPS) is 19.2. The van der Waals surface area contributed by atoms with Crippen molar-refractivity contribution in [1.29, 1.82) is 0 Å². The molecule has 1 N–H and O–H groups in total. The van der Waals surface area contributed by atoms with Crippen LogP contribution in [0.15, 0.2) is 22.9 Å². The SMILES string of the molecule is O=C(c1csc(-c2cccs2)n1)N1CCCCC1CO. The number of rotatable bonds is 3. The maximum Gasteiger partial charge on any atom is 0.273 e. The van der Waals surface area contributed by atoms with E-state index in [1.165, 1.54) is 11.3 Å². The van der Waals surface area contributed by atoms with Gasteiger partial charge in [0.1, 0.15) is 10.7 Å². The Bertz CT molecular complexity index is 580. The average Bonchev–Trinajstić information content (AvgIpc) is 3.16. The Hall–Kier alpha value is -1.24. The van der Waals surface area contributed by atoms with Crippen LogP contribution in [0.4, 0.5) is 0 Å². The van der Waals surface area contributed by atoms with E-state index in [0.717, 1.165) is 35.7 Å². The van der Waals surface area contributed by atoms with Gasteiger partial charge in [-0.25, -0.2) is 4.98 Å². The Morgan fingerprint density at radius 3 is 3.10 bits per heavy atom. The molecular formula is C14H16N2O2S2. The number of hydrogen-bond donors (Lipinski definition) is 1. The second-order valence-electron chi connectivity index (χ2n) is 4.85. The fourth-order valence-electron chi connectivity index (χ4n) is 2.49. The van der Waals surface area contributed by atoms with Crippen LogP contribution in [0.3, 0.4) is 0 Å². The zero-order chi connectivity index (χ0) is 13.9. The topological polar surface area (TPSA) is 53.4 Å². The molecule has 3 rings (SSSR count). The van der Waals surface area contributed by atoms with E-state index >= 15 is 0 Å². The molecule has 3 heterocycles. The lowest BCUT2D eigenvalue weighted by Crippen LogP contribution is -2.45. The van der Waals surface area contributed by atoms with Crippen molar-refractivity contribution in [2.24, 2.45) is 0 Å². The number of carbonyl (C=O) groups is 1. The van der Waals surface area contributed by atoms with Crippen molar-refractivity contribution < 1.29 is 9.90 Å². The van der Waals surface area contributed by atoms with Gasteiger partial charge in [-0.3, -0.25) is 4.79 Å². The number of likely N-dealkylation sites (tertiary alicyclic amines) is 1. The lowest BCUT2D eigenvalue weighted by molar-refractivity contribution is 0.0498. The van der Waals surface area contributed by atoms with Crippen LogP contribution in [0.25, 0.3) is 9.88 Å². The van der Waals surface area contributed by atoms with E-state index in [1.807, 2.05) is 22.9 Å². The molecule has 4 nitrogen and oxygen atoms in total. The summed E-state index contributed by atoms with van der Waals surface area (Å²) in [6.45, 7) is 0.754. The smallest absolute Gasteiger partial charge is 0.273 e. The number of aliphatic hydroxyl groups excluding tert-OH is 1. The van der Waals surface area contributed by atoms with Crippen LogP contribution in [0.2, 0.25) is 0 Å². The average molecular weight is 308 g/mol. The van der Waals surface area contributed by atoms with Gasteiger partial charge in [0.15, 0.2) is 0 Å². The first-order valence-electron chi connectivity index (χ1n) is 6.71. The van der Waals surface area contributed by atoms with Crippen LogP contribution in [-0.2, 0) is 0 Å². The molecule has 1 unspecified atom stereocenters. The van der Waals surface area contributed by atoms with E-state index in [-0.39, 0.29) is 18.6 Å². The van der Waals surface area contributed by atoms with E-state index < -0.39 is 0 Å². The first kappa shape index (κ1) is 13.7. The predicted octanol–water partition coefficient (Wildman–Crippen LogP) is 2.86. The number of thiazole rings is 1. The Labute approximate surface area is 125 Å². The first-order valence-corrected chi connectivity index (χ1v) is 8.47. The summed E-state index contributed by atoms with van der Waals surface area (Å²) in [7, 11) is 0. The summed E-state index contributed by atoms with van der Waals surface area (Å²) >= 11 is 3.12. The minimum atomic E-state index is -0.0530. The molecule has 1 aliphatic heterocycles. The molecule has 6 heteroatoms. The summed E-state index contributed by atoms with van der Waals surface area (Å²) in [5.74, 6) is -0.0530. The van der Waals surface area contributed by atoms with Gasteiger partial charge in [-0.1, -0.05) is 6.07 Å². The van der Waals surface area contributed by atoms with Crippen LogP contribution < -0.4 is 0 Å². The molecule has 20 heavy (non-hydrogen) atoms. The Morgan fingerprint density at radius 1 is 1.45 bits per heavy atom. The van der Waals surface area contributed by atoms with Crippen LogP contribution in [0.5, 0.6) is 0 Å². The molecule has 0 spiro atoms. The fraction of sp³-hybridized carbons (Fsp3) is 0.429. The summed E-state index contributed by atoms with van der Waals surface area (Å²) in [4.78, 5) is 19.8. The molecular weight excluding hydrogens is 292 g/mol. The van der Waals surface area contributed by atoms with Crippen LogP contribution in [0.1, 0.15) is 29.8 Å². The molecule has 1 amide bonds. The largest absolute Gasteiger partial charge is 0.394 e. The number of thiophene rings is 1. The fourth-order valence-corrected chi connectivity index (χ4v) is 4.10. The third kappa shape index (κ3) is 2.63. The predicted molar refractivity (Wildman–Crippen MR) is 81.2 cm³/mol. The maximum atomic E-state index is 12.5. The van der Waals surface area contributed by atoms with Crippen LogP contribution in [-0.4, -0.2) is 40.1 Å². The minimum Gasteiger partial charge on any atom is -0.394 e. The Kier molecular flexibility index (Phi) is 4.14. The van der Waals surface area contributed by atoms with Gasteiger partial charge in [0.2, 0.25) is 0 Å². The molecule has 1 aliphatic rings. The van der Waals surface area contributed by atoms with E-state index in [2.05, 4.69) is 4.98 Å². The highest BCUT2D eigenvalue weighted by molar-refractivity contribution is 7.20. The second-order valence-corrected chi connectivity index (χ2v) is 6.65. The maximum absolute atomic E-state index is 12.5. The molecule has 0 bridgehead atoms. The molecule has 0 aromatic carbocycles. The minimum absolute atomic E-state index is 0.0354. The highest BCUT2D eigenvalue weighted by atomic mass is 32.1. The number of carbonyl (C=O) groups excluding carboxylic acids is 1. The summed E-state index contributed by atoms with van der Waals surface area (Å²) in [5.41, 5.74) is 0.499. The standard InChI is InChI=1S/C14H16N2O2S2/c17-8-10-4-1-2-6-16(10)14(18)11-9-20-13(15-11)12-5-3-7-19-12/h3,5,7,9-10,17H,1-2,4,6,8H2. The highest BCUT2D eigenvalue weighted by Gasteiger charge is 2.28. The van der Waals surface area contributed by atoms with Crippen molar-refractivity contribution in [2.45, 2.75) is 25.3 Å². The number of piperidine rings is 1. The number of amides is 1. The molecule has 2 aromatic heterocycles. The van der Waals surface area contributed by atoms with Gasteiger partial charge in [0, 0.05) is 11.9 Å². The number of aromatic nitrogens is 1. The van der Waals surface area contributed by atoms with Crippen molar-refractivity contribution in [1.82, 2.24) is 9.88 Å². The van der Waals surface area contributed by atoms with Gasteiger partial charge in [0.25, 0.3) is 5.91 Å². The molecule has 1 atom stereocenters. The Morgan fingerprint density at radius 2 is 2.35 bits per heavy atom. The monoisotopic (exact) mass is 308 g/mol. The summed E-state index contributed by atoms with van der Waals surface area (Å²) in [6.07, 6.45) is 2.96. The van der Waals surface area contributed by atoms with E-state index in [0.29, 0.717) is 5.69 Å². The van der Waals surface area contributed by atoms with Crippen molar-refractivity contribution in [2.75, 3.05) is 13.2 Å². The van der Waals surface area contributed by atoms with Gasteiger partial charge in [0.05, 0.1) is 17.5 Å². The lowest BCUT2D eigenvalue weighted by atomic mass is 10.0. The molecule has 106 valence electrons. The quantitative estimate of drug-likeness (QED) is 0.948.